The van der Waals surface area contributed by atoms with Crippen LogP contribution in [0.1, 0.15) is 56.2 Å². The molecule has 1 fully saturated rings. The smallest absolute Gasteiger partial charge is 0.348 e. The molecule has 1 saturated heterocycles. The fraction of sp³-hybridized carbons (Fsp3) is 0.361. The number of thiophene rings is 1. The van der Waals surface area contributed by atoms with Crippen LogP contribution in [-0.4, -0.2) is 57.8 Å². The Kier molecular flexibility index (Phi) is 12.7. The number of hydrogen-bond acceptors (Lipinski definition) is 9. The van der Waals surface area contributed by atoms with Gasteiger partial charge in [-0.15, -0.1) is 11.3 Å². The maximum absolute atomic E-state index is 13.6. The lowest BCUT2D eigenvalue weighted by Gasteiger charge is -2.29. The van der Waals surface area contributed by atoms with Crippen molar-refractivity contribution in [3.63, 3.8) is 0 Å². The summed E-state index contributed by atoms with van der Waals surface area (Å²) in [5, 5.41) is 4.20. The molecule has 0 aliphatic carbocycles. The van der Waals surface area contributed by atoms with E-state index in [1.807, 2.05) is 42.5 Å². The van der Waals surface area contributed by atoms with Gasteiger partial charge in [0, 0.05) is 35.9 Å². The molecule has 254 valence electrons. The zero-order chi connectivity index (χ0) is 34.0. The molecule has 1 aliphatic heterocycles. The van der Waals surface area contributed by atoms with E-state index in [1.165, 1.54) is 11.3 Å². The summed E-state index contributed by atoms with van der Waals surface area (Å²) in [7, 11) is 5.19. The number of nitrogens with one attached hydrogen (secondary N) is 2. The lowest BCUT2D eigenvalue weighted by molar-refractivity contribution is -0.377. The Morgan fingerprint density at radius 1 is 1.00 bits per heavy atom. The van der Waals surface area contributed by atoms with Crippen molar-refractivity contribution in [1.29, 1.82) is 0 Å². The largest absolute Gasteiger partial charge is 0.493 e. The molecule has 1 aliphatic rings. The molecule has 48 heavy (non-hydrogen) atoms. The first-order valence-electron chi connectivity index (χ1n) is 15.7. The van der Waals surface area contributed by atoms with Gasteiger partial charge in [-0.1, -0.05) is 59.6 Å². The Balaban J connectivity index is 1.29. The number of benzene rings is 2. The highest BCUT2D eigenvalue weighted by Crippen LogP contribution is 2.36. The first-order chi connectivity index (χ1) is 23.2. The molecule has 0 amide bonds. The van der Waals surface area contributed by atoms with E-state index in [4.69, 9.17) is 42.1 Å². The predicted octanol–water partition coefficient (Wildman–Crippen LogP) is 6.74. The van der Waals surface area contributed by atoms with Crippen LogP contribution < -0.4 is 19.8 Å². The average molecular weight is 714 g/mol. The van der Waals surface area contributed by atoms with E-state index < -0.39 is 18.1 Å². The molecule has 2 N–H and O–H groups in total. The Morgan fingerprint density at radius 3 is 2.46 bits per heavy atom. The fourth-order valence-corrected chi connectivity index (χ4v) is 7.16. The summed E-state index contributed by atoms with van der Waals surface area (Å²) in [6, 6.07) is 17.8. The number of esters is 2. The fourth-order valence-electron chi connectivity index (χ4n) is 5.79. The minimum atomic E-state index is -0.737. The van der Waals surface area contributed by atoms with Crippen molar-refractivity contribution in [2.75, 3.05) is 41.0 Å². The van der Waals surface area contributed by atoms with Crippen molar-refractivity contribution >= 4 is 46.5 Å². The molecular weight excluding hydrogens is 673 g/mol. The van der Waals surface area contributed by atoms with E-state index in [1.54, 1.807) is 44.8 Å². The molecule has 0 saturated carbocycles. The van der Waals surface area contributed by atoms with Gasteiger partial charge in [-0.3, -0.25) is 5.32 Å². The van der Waals surface area contributed by atoms with Gasteiger partial charge in [0.05, 0.1) is 20.8 Å². The molecule has 4 aromatic rings. The summed E-state index contributed by atoms with van der Waals surface area (Å²) >= 11 is 14.2. The van der Waals surface area contributed by atoms with Gasteiger partial charge in [-0.2, -0.15) is 0 Å². The predicted molar refractivity (Wildman–Crippen MR) is 186 cm³/mol. The lowest BCUT2D eigenvalue weighted by atomic mass is 9.99. The van der Waals surface area contributed by atoms with Crippen LogP contribution in [0, 0.1) is 5.92 Å². The molecule has 1 unspecified atom stereocenters. The van der Waals surface area contributed by atoms with E-state index in [2.05, 4.69) is 22.2 Å². The van der Waals surface area contributed by atoms with E-state index in [0.29, 0.717) is 56.6 Å². The van der Waals surface area contributed by atoms with Crippen molar-refractivity contribution in [2.45, 2.75) is 38.0 Å². The number of aromatic amines is 1. The molecule has 5 rings (SSSR count). The van der Waals surface area contributed by atoms with E-state index >= 15 is 0 Å². The van der Waals surface area contributed by atoms with Gasteiger partial charge in [0.2, 0.25) is 0 Å². The molecular formula is C36H40Cl2N3O6S+. The van der Waals surface area contributed by atoms with E-state index in [0.717, 1.165) is 36.4 Å². The van der Waals surface area contributed by atoms with Crippen LogP contribution in [0.15, 0.2) is 73.1 Å². The maximum atomic E-state index is 13.6. The topological polar surface area (TPSA) is 100 Å². The molecule has 2 aromatic carbocycles. The highest BCUT2D eigenvalue weighted by molar-refractivity contribution is 7.13. The number of halogens is 2. The summed E-state index contributed by atoms with van der Waals surface area (Å²) in [6.07, 6.45) is 4.89. The standard InChI is InChI=1S/C36H39Cl2N3O6S/c1-41-15-7-8-23(21-41)22-46-36(43)34(24-9-5-4-6-10-24)40-18-26-12-14-33(48-26)35(42)47-31(17-27-28(37)19-39-20-29(27)38)25-11-13-30(44-2)32(16-25)45-3/h4-6,9-14,16,19-20,23,31,34,40H,7-8,15,17-18,21-22H2,1-3H3/p+1/t23-,31+,34?/m1/s1. The first-order valence-corrected chi connectivity index (χ1v) is 17.3. The third-order valence-electron chi connectivity index (χ3n) is 8.31. The third kappa shape index (κ3) is 9.27. The minimum absolute atomic E-state index is 0.228. The van der Waals surface area contributed by atoms with Crippen molar-refractivity contribution in [3.8, 4) is 11.5 Å². The number of ether oxygens (including phenoxy) is 4. The summed E-state index contributed by atoms with van der Waals surface area (Å²) in [5.41, 5.74) is 2.13. The highest BCUT2D eigenvalue weighted by Gasteiger charge is 2.27. The quantitative estimate of drug-likeness (QED) is 0.144. The summed E-state index contributed by atoms with van der Waals surface area (Å²) in [5.74, 6) is 0.546. The molecule has 0 spiro atoms. The van der Waals surface area contributed by atoms with Gasteiger partial charge in [0.15, 0.2) is 23.9 Å². The number of carbonyl (C=O) groups excluding carboxylic acids is 2. The lowest BCUT2D eigenvalue weighted by Crippen LogP contribution is -2.36. The van der Waals surface area contributed by atoms with Crippen LogP contribution in [0.3, 0.4) is 0 Å². The second kappa shape index (κ2) is 17.1. The number of piperidine rings is 1. The Labute approximate surface area is 295 Å². The van der Waals surface area contributed by atoms with Crippen molar-refractivity contribution in [3.05, 3.63) is 110 Å². The molecule has 0 bridgehead atoms. The van der Waals surface area contributed by atoms with Crippen LogP contribution in [0.5, 0.6) is 11.5 Å². The van der Waals surface area contributed by atoms with E-state index in [9.17, 15) is 9.59 Å². The number of carbonyl (C=O) groups is 2. The Bertz CT molecular complexity index is 1670. The minimum Gasteiger partial charge on any atom is -0.493 e. The number of nitrogens with zero attached hydrogens (tertiary/aromatic N) is 1. The number of H-pyrrole nitrogens is 1. The van der Waals surface area contributed by atoms with Gasteiger partial charge in [-0.25, -0.2) is 14.6 Å². The number of likely N-dealkylation sites (tertiary alicyclic amines) is 1. The number of aromatic nitrogens is 1. The Morgan fingerprint density at radius 2 is 1.75 bits per heavy atom. The normalized spacial score (nSPS) is 16.1. The maximum Gasteiger partial charge on any atom is 0.348 e. The van der Waals surface area contributed by atoms with Crippen LogP contribution in [0.25, 0.3) is 0 Å². The summed E-state index contributed by atoms with van der Waals surface area (Å²) < 4.78 is 22.8. The van der Waals surface area contributed by atoms with Crippen molar-refractivity contribution in [1.82, 2.24) is 10.2 Å². The second-order valence-corrected chi connectivity index (χ2v) is 13.7. The van der Waals surface area contributed by atoms with Gasteiger partial charge in [0.25, 0.3) is 0 Å². The zero-order valence-electron chi connectivity index (χ0n) is 27.2. The average Bonchev–Trinajstić information content (AvgIpc) is 3.58. The van der Waals surface area contributed by atoms with Crippen LogP contribution >= 0.6 is 34.5 Å². The molecule has 2 aromatic heterocycles. The second-order valence-electron chi connectivity index (χ2n) is 11.7. The number of hydrogen-bond donors (Lipinski definition) is 1. The third-order valence-corrected chi connectivity index (χ3v) is 10.0. The number of rotatable bonds is 14. The van der Waals surface area contributed by atoms with Gasteiger partial charge < -0.3 is 23.8 Å². The first kappa shape index (κ1) is 35.6. The van der Waals surface area contributed by atoms with E-state index in [-0.39, 0.29) is 12.4 Å². The van der Waals surface area contributed by atoms with Crippen molar-refractivity contribution in [2.24, 2.45) is 5.92 Å². The van der Waals surface area contributed by atoms with Crippen LogP contribution in [0.4, 0.5) is 0 Å². The van der Waals surface area contributed by atoms with Crippen LogP contribution in [-0.2, 0) is 27.2 Å². The van der Waals surface area contributed by atoms with Crippen molar-refractivity contribution < 1.29 is 33.5 Å². The molecule has 0 radical (unpaired) electrons. The summed E-state index contributed by atoms with van der Waals surface area (Å²) in [6.45, 7) is 2.73. The number of pyridine rings is 1. The monoisotopic (exact) mass is 712 g/mol. The van der Waals surface area contributed by atoms with Gasteiger partial charge in [0.1, 0.15) is 27.1 Å². The molecule has 9 nitrogen and oxygen atoms in total. The SMILES string of the molecule is COc1ccc([C@H](Cc2c(Cl)c[nH+]cc2Cl)OC(=O)c2ccc(CNC(C(=O)OC[C@@H]3CCCN(C)C3)c3ccccc3)s2)cc1OC. The zero-order valence-corrected chi connectivity index (χ0v) is 29.5. The van der Waals surface area contributed by atoms with Gasteiger partial charge >= 0.3 is 11.9 Å². The number of methoxy groups -OCH3 is 2. The van der Waals surface area contributed by atoms with Gasteiger partial charge in [-0.05, 0) is 61.8 Å². The van der Waals surface area contributed by atoms with Crippen LogP contribution in [0.2, 0.25) is 10.0 Å². The summed E-state index contributed by atoms with van der Waals surface area (Å²) in [4.78, 5) is 33.4. The molecule has 3 heterocycles. The Hall–Kier alpha value is -3.67. The highest BCUT2D eigenvalue weighted by atomic mass is 35.5. The molecule has 12 heteroatoms. The molecule has 3 atom stereocenters.